The molecule has 2 heterocycles. The smallest absolute Gasteiger partial charge is 0.246 e. The highest BCUT2D eigenvalue weighted by molar-refractivity contribution is 5.82. The molecule has 1 fully saturated rings. The number of aromatic nitrogens is 2. The van der Waals surface area contributed by atoms with Gasteiger partial charge in [0.05, 0.1) is 12.6 Å². The maximum atomic E-state index is 12.4. The Morgan fingerprint density at radius 2 is 1.93 bits per heavy atom. The second-order valence-corrected chi connectivity index (χ2v) is 6.67. The number of hydrogen-bond acceptors (Lipinski definition) is 7. The van der Waals surface area contributed by atoms with Crippen LogP contribution >= 0.6 is 0 Å². The standard InChI is InChI=1S/C20H21N5O3/c26-17-9-5-4-8-14(17)15-11-16(24-23-15)20(27)21-12-19-22-18(25-28-19)10-13-6-2-1-3-7-13/h1-9,15-16,23-24,26H,10-12H2,(H,21,27). The van der Waals surface area contributed by atoms with Gasteiger partial charge in [0.1, 0.15) is 11.8 Å². The highest BCUT2D eigenvalue weighted by Crippen LogP contribution is 2.29. The van der Waals surface area contributed by atoms with Crippen LogP contribution in [0.15, 0.2) is 59.1 Å². The first-order valence-electron chi connectivity index (χ1n) is 9.11. The van der Waals surface area contributed by atoms with Gasteiger partial charge >= 0.3 is 0 Å². The second kappa shape index (κ2) is 8.20. The Balaban J connectivity index is 1.29. The van der Waals surface area contributed by atoms with Crippen LogP contribution in [0.25, 0.3) is 0 Å². The van der Waals surface area contributed by atoms with Gasteiger partial charge in [-0.15, -0.1) is 0 Å². The number of para-hydroxylation sites is 1. The van der Waals surface area contributed by atoms with Crippen LogP contribution in [0.1, 0.15) is 35.3 Å². The Bertz CT molecular complexity index is 944. The van der Waals surface area contributed by atoms with Crippen LogP contribution in [-0.2, 0) is 17.8 Å². The summed E-state index contributed by atoms with van der Waals surface area (Å²) in [5.41, 5.74) is 7.87. The van der Waals surface area contributed by atoms with Crippen LogP contribution < -0.4 is 16.2 Å². The Morgan fingerprint density at radius 1 is 1.14 bits per heavy atom. The summed E-state index contributed by atoms with van der Waals surface area (Å²) >= 11 is 0. The fraction of sp³-hybridized carbons (Fsp3) is 0.250. The van der Waals surface area contributed by atoms with Crippen LogP contribution in [0.3, 0.4) is 0 Å². The van der Waals surface area contributed by atoms with Crippen molar-refractivity contribution in [2.45, 2.75) is 31.5 Å². The molecule has 0 bridgehead atoms. The number of nitrogens with zero attached hydrogens (tertiary/aromatic N) is 2. The number of hydrogen-bond donors (Lipinski definition) is 4. The van der Waals surface area contributed by atoms with Gasteiger partial charge in [-0.2, -0.15) is 4.98 Å². The van der Waals surface area contributed by atoms with E-state index in [1.54, 1.807) is 12.1 Å². The summed E-state index contributed by atoms with van der Waals surface area (Å²) in [6.45, 7) is 0.167. The summed E-state index contributed by atoms with van der Waals surface area (Å²) in [6.07, 6.45) is 1.10. The molecule has 1 saturated heterocycles. The van der Waals surface area contributed by atoms with E-state index in [9.17, 15) is 9.90 Å². The zero-order chi connectivity index (χ0) is 19.3. The maximum Gasteiger partial charge on any atom is 0.246 e. The Kier molecular flexibility index (Phi) is 5.31. The molecule has 1 amide bonds. The minimum atomic E-state index is -0.420. The van der Waals surface area contributed by atoms with Gasteiger partial charge < -0.3 is 14.9 Å². The van der Waals surface area contributed by atoms with Gasteiger partial charge in [-0.3, -0.25) is 4.79 Å². The molecule has 2 atom stereocenters. The number of phenols is 1. The molecule has 1 aliphatic heterocycles. The number of carbonyl (C=O) groups excluding carboxylic acids is 1. The van der Waals surface area contributed by atoms with E-state index in [4.69, 9.17) is 4.52 Å². The largest absolute Gasteiger partial charge is 0.508 e. The average molecular weight is 379 g/mol. The molecule has 0 spiro atoms. The molecule has 0 aliphatic carbocycles. The summed E-state index contributed by atoms with van der Waals surface area (Å²) in [5, 5.41) is 16.7. The van der Waals surface area contributed by atoms with Crippen molar-refractivity contribution < 1.29 is 14.4 Å². The maximum absolute atomic E-state index is 12.4. The third-order valence-corrected chi connectivity index (χ3v) is 4.66. The van der Waals surface area contributed by atoms with Crippen molar-refractivity contribution in [2.75, 3.05) is 0 Å². The molecule has 4 N–H and O–H groups in total. The lowest BCUT2D eigenvalue weighted by molar-refractivity contribution is -0.123. The van der Waals surface area contributed by atoms with Crippen molar-refractivity contribution in [1.29, 1.82) is 0 Å². The van der Waals surface area contributed by atoms with Crippen molar-refractivity contribution in [3.05, 3.63) is 77.4 Å². The molecule has 8 heteroatoms. The van der Waals surface area contributed by atoms with Crippen LogP contribution in [0.4, 0.5) is 0 Å². The van der Waals surface area contributed by atoms with Gasteiger partial charge in [-0.05, 0) is 18.1 Å². The number of aromatic hydroxyl groups is 1. The van der Waals surface area contributed by atoms with Crippen LogP contribution in [0.2, 0.25) is 0 Å². The van der Waals surface area contributed by atoms with E-state index in [-0.39, 0.29) is 24.2 Å². The molecule has 1 aromatic heterocycles. The zero-order valence-corrected chi connectivity index (χ0v) is 15.1. The quantitative estimate of drug-likeness (QED) is 0.514. The molecular weight excluding hydrogens is 358 g/mol. The first-order valence-corrected chi connectivity index (χ1v) is 9.11. The van der Waals surface area contributed by atoms with Crippen LogP contribution in [0.5, 0.6) is 5.75 Å². The normalized spacial score (nSPS) is 18.9. The van der Waals surface area contributed by atoms with Gasteiger partial charge in [0.2, 0.25) is 11.8 Å². The lowest BCUT2D eigenvalue weighted by Crippen LogP contribution is -2.42. The van der Waals surface area contributed by atoms with Crippen molar-refractivity contribution in [2.24, 2.45) is 0 Å². The first kappa shape index (κ1) is 18.1. The van der Waals surface area contributed by atoms with Crippen molar-refractivity contribution in [3.63, 3.8) is 0 Å². The topological polar surface area (TPSA) is 112 Å². The van der Waals surface area contributed by atoms with Crippen molar-refractivity contribution in [3.8, 4) is 5.75 Å². The number of phenolic OH excluding ortho intramolecular Hbond substituents is 1. The SMILES string of the molecule is O=C(NCc1nc(Cc2ccccc2)no1)C1CC(c2ccccc2O)NN1. The van der Waals surface area contributed by atoms with Gasteiger partial charge in [-0.1, -0.05) is 53.7 Å². The molecule has 4 rings (SSSR count). The highest BCUT2D eigenvalue weighted by Gasteiger charge is 2.31. The molecule has 2 unspecified atom stereocenters. The number of carbonyl (C=O) groups is 1. The van der Waals surface area contributed by atoms with Gasteiger partial charge in [0.25, 0.3) is 0 Å². The summed E-state index contributed by atoms with van der Waals surface area (Å²) in [4.78, 5) is 16.7. The lowest BCUT2D eigenvalue weighted by Gasteiger charge is -2.11. The van der Waals surface area contributed by atoms with Crippen LogP contribution in [-0.4, -0.2) is 27.2 Å². The third kappa shape index (κ3) is 4.19. The van der Waals surface area contributed by atoms with E-state index in [1.807, 2.05) is 42.5 Å². The summed E-state index contributed by atoms with van der Waals surface area (Å²) < 4.78 is 5.21. The monoisotopic (exact) mass is 379 g/mol. The van der Waals surface area contributed by atoms with E-state index in [0.717, 1.165) is 11.1 Å². The molecule has 3 aromatic rings. The van der Waals surface area contributed by atoms with Crippen molar-refractivity contribution in [1.82, 2.24) is 26.3 Å². The minimum absolute atomic E-state index is 0.141. The lowest BCUT2D eigenvalue weighted by atomic mass is 10.0. The number of hydrazine groups is 1. The van der Waals surface area contributed by atoms with Gasteiger partial charge in [0, 0.05) is 12.0 Å². The predicted molar refractivity (Wildman–Crippen MR) is 101 cm³/mol. The number of rotatable bonds is 6. The third-order valence-electron chi connectivity index (χ3n) is 4.66. The first-order chi connectivity index (χ1) is 13.7. The Morgan fingerprint density at radius 3 is 2.75 bits per heavy atom. The van der Waals surface area contributed by atoms with E-state index < -0.39 is 6.04 Å². The second-order valence-electron chi connectivity index (χ2n) is 6.67. The van der Waals surface area contributed by atoms with Gasteiger partial charge in [-0.25, -0.2) is 10.9 Å². The Labute approximate surface area is 161 Å². The number of benzene rings is 2. The Hall–Kier alpha value is -3.23. The molecule has 8 nitrogen and oxygen atoms in total. The van der Waals surface area contributed by atoms with Gasteiger partial charge in [0.15, 0.2) is 5.82 Å². The van der Waals surface area contributed by atoms with E-state index in [2.05, 4.69) is 26.3 Å². The van der Waals surface area contributed by atoms with Crippen LogP contribution in [0, 0.1) is 0 Å². The molecule has 28 heavy (non-hydrogen) atoms. The molecule has 0 radical (unpaired) electrons. The highest BCUT2D eigenvalue weighted by atomic mass is 16.5. The molecule has 2 aromatic carbocycles. The zero-order valence-electron chi connectivity index (χ0n) is 15.1. The number of nitrogens with one attached hydrogen (secondary N) is 3. The number of amides is 1. The fourth-order valence-electron chi connectivity index (χ4n) is 3.21. The summed E-state index contributed by atoms with van der Waals surface area (Å²) in [6, 6.07) is 16.4. The molecule has 144 valence electrons. The summed E-state index contributed by atoms with van der Waals surface area (Å²) in [5.74, 6) is 0.978. The average Bonchev–Trinajstić information content (AvgIpc) is 3.37. The van der Waals surface area contributed by atoms with E-state index >= 15 is 0 Å². The summed E-state index contributed by atoms with van der Waals surface area (Å²) in [7, 11) is 0. The predicted octanol–water partition coefficient (Wildman–Crippen LogP) is 1.59. The molecule has 0 saturated carbocycles. The van der Waals surface area contributed by atoms with E-state index in [0.29, 0.717) is 24.6 Å². The molecule has 1 aliphatic rings. The minimum Gasteiger partial charge on any atom is -0.508 e. The van der Waals surface area contributed by atoms with Crippen molar-refractivity contribution >= 4 is 5.91 Å². The fourth-order valence-corrected chi connectivity index (χ4v) is 3.21. The van der Waals surface area contributed by atoms with E-state index in [1.165, 1.54) is 0 Å². The molecular formula is C20H21N5O3.